The van der Waals surface area contributed by atoms with Gasteiger partial charge < -0.3 is 0 Å². The Morgan fingerprint density at radius 3 is 1.68 bits per heavy atom. The van der Waals surface area contributed by atoms with Gasteiger partial charge in [0, 0.05) is 16.2 Å². The zero-order chi connectivity index (χ0) is 26.5. The van der Waals surface area contributed by atoms with Gasteiger partial charge >= 0.3 is 0 Å². The molecule has 0 saturated carbocycles. The van der Waals surface area contributed by atoms with Gasteiger partial charge in [-0.1, -0.05) is 151 Å². The molecule has 1 aliphatic heterocycles. The lowest BCUT2D eigenvalue weighted by Crippen LogP contribution is -2.02. The van der Waals surface area contributed by atoms with Crippen LogP contribution < -0.4 is 0 Å². The van der Waals surface area contributed by atoms with Gasteiger partial charge in [-0.3, -0.25) is 0 Å². The fraction of sp³-hybridized carbons (Fsp3) is 0.0256. The Kier molecular flexibility index (Phi) is 5.57. The maximum atomic E-state index is 2.42. The van der Waals surface area contributed by atoms with Gasteiger partial charge in [-0.05, 0) is 71.8 Å². The zero-order valence-corrected chi connectivity index (χ0v) is 22.8. The van der Waals surface area contributed by atoms with Gasteiger partial charge in [0.1, 0.15) is 0 Å². The van der Waals surface area contributed by atoms with E-state index in [4.69, 9.17) is 0 Å². The van der Waals surface area contributed by atoms with Crippen LogP contribution in [-0.2, 0) is 0 Å². The first-order valence-electron chi connectivity index (χ1n) is 13.8. The Labute approximate surface area is 238 Å². The average Bonchev–Trinajstić information content (AvgIpc) is 3.20. The Balaban J connectivity index is 1.35. The summed E-state index contributed by atoms with van der Waals surface area (Å²) >= 11 is 1.94. The Bertz CT molecular complexity index is 2040. The van der Waals surface area contributed by atoms with Gasteiger partial charge in [0.25, 0.3) is 0 Å². The second kappa shape index (κ2) is 9.55. The summed E-state index contributed by atoms with van der Waals surface area (Å²) in [6, 6.07) is 46.4. The van der Waals surface area contributed by atoms with Gasteiger partial charge in [0.05, 0.1) is 0 Å². The maximum absolute atomic E-state index is 2.42. The van der Waals surface area contributed by atoms with Crippen LogP contribution in [0.3, 0.4) is 0 Å². The lowest BCUT2D eigenvalue weighted by Gasteiger charge is -2.26. The molecular formula is C39H26S. The molecule has 0 N–H and O–H groups in total. The summed E-state index contributed by atoms with van der Waals surface area (Å²) < 4.78 is 0. The van der Waals surface area contributed by atoms with Gasteiger partial charge in [0.15, 0.2) is 0 Å². The highest BCUT2D eigenvalue weighted by atomic mass is 32.2. The van der Waals surface area contributed by atoms with Crippen LogP contribution in [0, 0.1) is 0 Å². The second-order valence-corrected chi connectivity index (χ2v) is 11.6. The van der Waals surface area contributed by atoms with Crippen molar-refractivity contribution in [1.29, 1.82) is 0 Å². The van der Waals surface area contributed by atoms with Gasteiger partial charge in [-0.25, -0.2) is 0 Å². The summed E-state index contributed by atoms with van der Waals surface area (Å²) in [5, 5.41) is 7.89. The van der Waals surface area contributed by atoms with Crippen molar-refractivity contribution in [3.05, 3.63) is 173 Å². The lowest BCUT2D eigenvalue weighted by atomic mass is 9.90. The van der Waals surface area contributed by atoms with E-state index >= 15 is 0 Å². The molecule has 40 heavy (non-hydrogen) atoms. The van der Waals surface area contributed by atoms with Crippen LogP contribution in [0.25, 0.3) is 48.4 Å². The second-order valence-electron chi connectivity index (χ2n) is 10.5. The minimum atomic E-state index is 0.935. The van der Waals surface area contributed by atoms with E-state index in [2.05, 4.69) is 146 Å². The number of hydrogen-bond acceptors (Lipinski definition) is 1. The fourth-order valence-corrected chi connectivity index (χ4v) is 7.68. The summed E-state index contributed by atoms with van der Waals surface area (Å²) in [7, 11) is 0. The first-order chi connectivity index (χ1) is 19.8. The fourth-order valence-electron chi connectivity index (χ4n) is 6.31. The molecule has 1 heterocycles. The molecule has 2 aliphatic rings. The standard InChI is InChI=1S/C39H26S/c1-3-12-26(13-4-1)38-29-16-11-21-30(37(25-29)40-39(38)27-14-5-2-6-15-27)28-22-23-35-33-19-8-7-17-31(33)32-18-9-10-20-34(32)36(35)24-28/h1-24H,25H2. The first-order valence-corrected chi connectivity index (χ1v) is 14.6. The molecular weight excluding hydrogens is 500 g/mol. The third kappa shape index (κ3) is 3.78. The topological polar surface area (TPSA) is 0 Å². The minimum Gasteiger partial charge on any atom is -0.0923 e. The summed E-state index contributed by atoms with van der Waals surface area (Å²) in [4.78, 5) is 2.74. The molecule has 0 radical (unpaired) electrons. The smallest absolute Gasteiger partial charge is 0.0273 e. The largest absolute Gasteiger partial charge is 0.0923 e. The van der Waals surface area contributed by atoms with Crippen LogP contribution >= 0.6 is 11.8 Å². The molecule has 2 bridgehead atoms. The van der Waals surface area contributed by atoms with Gasteiger partial charge in [-0.2, -0.15) is 0 Å². The van der Waals surface area contributed by atoms with E-state index in [-0.39, 0.29) is 0 Å². The Morgan fingerprint density at radius 1 is 0.475 bits per heavy atom. The average molecular weight is 527 g/mol. The van der Waals surface area contributed by atoms with Crippen LogP contribution in [0.1, 0.15) is 23.1 Å². The molecule has 188 valence electrons. The molecule has 6 aromatic rings. The zero-order valence-electron chi connectivity index (χ0n) is 22.0. The van der Waals surface area contributed by atoms with E-state index in [0.717, 1.165) is 6.42 Å². The number of hydrogen-bond donors (Lipinski definition) is 0. The molecule has 0 spiro atoms. The molecule has 0 atom stereocenters. The number of fused-ring (bicyclic) bond motifs is 8. The lowest BCUT2D eigenvalue weighted by molar-refractivity contribution is 1.27. The van der Waals surface area contributed by atoms with Crippen LogP contribution in [0.15, 0.2) is 156 Å². The molecule has 0 saturated heterocycles. The Hall–Kier alpha value is -4.59. The van der Waals surface area contributed by atoms with Crippen molar-refractivity contribution in [1.82, 2.24) is 0 Å². The third-order valence-electron chi connectivity index (χ3n) is 8.14. The molecule has 0 unspecified atom stereocenters. The molecule has 1 aliphatic carbocycles. The number of rotatable bonds is 3. The Morgan fingerprint density at radius 2 is 1.02 bits per heavy atom. The van der Waals surface area contributed by atoms with Crippen LogP contribution in [0.5, 0.6) is 0 Å². The van der Waals surface area contributed by atoms with E-state index in [0.29, 0.717) is 0 Å². The molecule has 0 aromatic heterocycles. The molecule has 8 rings (SSSR count). The highest BCUT2D eigenvalue weighted by molar-refractivity contribution is 8.12. The summed E-state index contributed by atoms with van der Waals surface area (Å²) in [5.41, 5.74) is 7.87. The predicted octanol–water partition coefficient (Wildman–Crippen LogP) is 11.1. The van der Waals surface area contributed by atoms with E-state index in [1.165, 1.54) is 75.5 Å². The van der Waals surface area contributed by atoms with Crippen molar-refractivity contribution in [2.75, 3.05) is 0 Å². The highest BCUT2D eigenvalue weighted by Gasteiger charge is 2.27. The molecule has 0 fully saturated rings. The third-order valence-corrected chi connectivity index (χ3v) is 9.39. The highest BCUT2D eigenvalue weighted by Crippen LogP contribution is 2.53. The number of thioether (sulfide) groups is 1. The SMILES string of the molecule is C1=CC(c2ccc3c4ccccc4c4ccccc4c3c2)=C2CC(=C1)C(c1ccccc1)=C(c1ccccc1)S2. The normalized spacial score (nSPS) is 15.2. The van der Waals surface area contributed by atoms with Crippen molar-refractivity contribution in [3.63, 3.8) is 0 Å². The monoisotopic (exact) mass is 526 g/mol. The maximum Gasteiger partial charge on any atom is 0.0273 e. The predicted molar refractivity (Wildman–Crippen MR) is 175 cm³/mol. The van der Waals surface area contributed by atoms with Crippen molar-refractivity contribution in [2.45, 2.75) is 6.42 Å². The van der Waals surface area contributed by atoms with Gasteiger partial charge in [-0.15, -0.1) is 0 Å². The van der Waals surface area contributed by atoms with Crippen LogP contribution in [0.2, 0.25) is 0 Å². The molecule has 0 nitrogen and oxygen atoms in total. The van der Waals surface area contributed by atoms with Crippen LogP contribution in [-0.4, -0.2) is 0 Å². The summed E-state index contributed by atoms with van der Waals surface area (Å²) in [6.07, 6.45) is 7.82. The number of benzene rings is 6. The quantitative estimate of drug-likeness (QED) is 0.207. The van der Waals surface area contributed by atoms with Crippen LogP contribution in [0.4, 0.5) is 0 Å². The molecule has 1 heteroatoms. The van der Waals surface area contributed by atoms with E-state index in [1.54, 1.807) is 0 Å². The number of allylic oxidation sites excluding steroid dienone is 7. The van der Waals surface area contributed by atoms with Gasteiger partial charge in [0.2, 0.25) is 0 Å². The van der Waals surface area contributed by atoms with Crippen molar-refractivity contribution >= 4 is 60.1 Å². The van der Waals surface area contributed by atoms with E-state index in [9.17, 15) is 0 Å². The first kappa shape index (κ1) is 23.3. The summed E-state index contributed by atoms with van der Waals surface area (Å²) in [5.74, 6) is 0. The molecule has 6 aromatic carbocycles. The minimum absolute atomic E-state index is 0.935. The van der Waals surface area contributed by atoms with E-state index < -0.39 is 0 Å². The van der Waals surface area contributed by atoms with Crippen molar-refractivity contribution in [3.8, 4) is 0 Å². The van der Waals surface area contributed by atoms with Crippen molar-refractivity contribution < 1.29 is 0 Å². The molecule has 0 amide bonds. The van der Waals surface area contributed by atoms with Crippen molar-refractivity contribution in [2.24, 2.45) is 0 Å². The van der Waals surface area contributed by atoms with E-state index in [1.807, 2.05) is 11.8 Å². The summed E-state index contributed by atoms with van der Waals surface area (Å²) in [6.45, 7) is 0.